The number of hydrogen-bond donors (Lipinski definition) is 3. The van der Waals surface area contributed by atoms with Gasteiger partial charge in [-0.25, -0.2) is 18.0 Å². The molecule has 0 spiro atoms. The van der Waals surface area contributed by atoms with Crippen molar-refractivity contribution >= 4 is 23.6 Å². The van der Waals surface area contributed by atoms with E-state index in [4.69, 9.17) is 4.74 Å². The van der Waals surface area contributed by atoms with Crippen molar-refractivity contribution < 1.29 is 32.3 Å². The van der Waals surface area contributed by atoms with Gasteiger partial charge in [0.25, 0.3) is 5.91 Å². The highest BCUT2D eigenvalue weighted by molar-refractivity contribution is 5.95. The summed E-state index contributed by atoms with van der Waals surface area (Å²) in [6.45, 7) is 4.80. The smallest absolute Gasteiger partial charge is 0.408 e. The SMILES string of the molecule is CC(C)(C)OC(=O)NCC(=O)Nc1ccc(CNC(=O)c2ccc(F)c(F)c2F)cc1. The van der Waals surface area contributed by atoms with Crippen LogP contribution in [0.25, 0.3) is 0 Å². The van der Waals surface area contributed by atoms with Crippen LogP contribution in [-0.4, -0.2) is 30.1 Å². The molecule has 31 heavy (non-hydrogen) atoms. The molecule has 0 fully saturated rings. The molecule has 3 N–H and O–H groups in total. The van der Waals surface area contributed by atoms with Crippen molar-refractivity contribution in [1.82, 2.24) is 10.6 Å². The van der Waals surface area contributed by atoms with E-state index in [-0.39, 0.29) is 13.1 Å². The summed E-state index contributed by atoms with van der Waals surface area (Å²) in [5.74, 6) is -6.03. The Labute approximate surface area is 177 Å². The van der Waals surface area contributed by atoms with E-state index in [1.807, 2.05) is 0 Å². The molecule has 3 amide bonds. The molecule has 0 saturated carbocycles. The molecule has 0 bridgehead atoms. The standard InChI is InChI=1S/C21H22F3N3O4/c1-21(2,3)31-20(30)26-11-16(28)27-13-6-4-12(5-7-13)10-25-19(29)14-8-9-15(22)18(24)17(14)23/h4-9H,10-11H2,1-3H3,(H,25,29)(H,26,30)(H,27,28). The molecule has 0 radical (unpaired) electrons. The maximum absolute atomic E-state index is 13.7. The lowest BCUT2D eigenvalue weighted by Crippen LogP contribution is -2.37. The van der Waals surface area contributed by atoms with Gasteiger partial charge in [0.2, 0.25) is 5.91 Å². The van der Waals surface area contributed by atoms with Gasteiger partial charge in [0.1, 0.15) is 12.1 Å². The number of ether oxygens (including phenoxy) is 1. The maximum Gasteiger partial charge on any atom is 0.408 e. The largest absolute Gasteiger partial charge is 0.444 e. The highest BCUT2D eigenvalue weighted by Crippen LogP contribution is 2.15. The molecule has 0 aliphatic heterocycles. The zero-order valence-electron chi connectivity index (χ0n) is 17.1. The van der Waals surface area contributed by atoms with Gasteiger partial charge in [-0.1, -0.05) is 12.1 Å². The number of benzene rings is 2. The molecule has 166 valence electrons. The van der Waals surface area contributed by atoms with Crippen molar-refractivity contribution in [2.24, 2.45) is 0 Å². The monoisotopic (exact) mass is 437 g/mol. The maximum atomic E-state index is 13.7. The summed E-state index contributed by atoms with van der Waals surface area (Å²) >= 11 is 0. The van der Waals surface area contributed by atoms with Crippen LogP contribution in [0.1, 0.15) is 36.7 Å². The summed E-state index contributed by atoms with van der Waals surface area (Å²) in [6.07, 6.45) is -0.716. The fraction of sp³-hybridized carbons (Fsp3) is 0.286. The molecule has 7 nitrogen and oxygen atoms in total. The van der Waals surface area contributed by atoms with Crippen molar-refractivity contribution in [2.45, 2.75) is 32.9 Å². The Kier molecular flexibility index (Phi) is 7.62. The second kappa shape index (κ2) is 9.96. The van der Waals surface area contributed by atoms with E-state index in [1.54, 1.807) is 45.0 Å². The highest BCUT2D eigenvalue weighted by Gasteiger charge is 2.19. The molecular weight excluding hydrogens is 415 g/mol. The molecule has 2 rings (SSSR count). The lowest BCUT2D eigenvalue weighted by Gasteiger charge is -2.19. The first kappa shape index (κ1) is 23.7. The Morgan fingerprint density at radius 3 is 2.16 bits per heavy atom. The van der Waals surface area contributed by atoms with E-state index in [2.05, 4.69) is 16.0 Å². The van der Waals surface area contributed by atoms with Crippen LogP contribution in [0.15, 0.2) is 36.4 Å². The van der Waals surface area contributed by atoms with Crippen LogP contribution in [0, 0.1) is 17.5 Å². The second-order valence-corrected chi connectivity index (χ2v) is 7.51. The number of hydrogen-bond acceptors (Lipinski definition) is 4. The summed E-state index contributed by atoms with van der Waals surface area (Å²) in [4.78, 5) is 35.4. The minimum Gasteiger partial charge on any atom is -0.444 e. The molecule has 2 aromatic rings. The van der Waals surface area contributed by atoms with E-state index >= 15 is 0 Å². The molecule has 0 atom stereocenters. The van der Waals surface area contributed by atoms with Crippen molar-refractivity contribution in [2.75, 3.05) is 11.9 Å². The Bertz CT molecular complexity index is 973. The van der Waals surface area contributed by atoms with Crippen LogP contribution in [0.2, 0.25) is 0 Å². The molecule has 0 unspecified atom stereocenters. The fourth-order valence-corrected chi connectivity index (χ4v) is 2.36. The van der Waals surface area contributed by atoms with Crippen molar-refractivity contribution in [3.63, 3.8) is 0 Å². The fourth-order valence-electron chi connectivity index (χ4n) is 2.36. The second-order valence-electron chi connectivity index (χ2n) is 7.51. The first-order chi connectivity index (χ1) is 14.5. The molecule has 0 aliphatic carbocycles. The van der Waals surface area contributed by atoms with Gasteiger partial charge in [-0.15, -0.1) is 0 Å². The Morgan fingerprint density at radius 1 is 0.903 bits per heavy atom. The third-order valence-corrected chi connectivity index (χ3v) is 3.76. The minimum atomic E-state index is -1.71. The number of rotatable bonds is 6. The van der Waals surface area contributed by atoms with Gasteiger partial charge in [-0.05, 0) is 50.6 Å². The van der Waals surface area contributed by atoms with Gasteiger partial charge in [0.05, 0.1) is 5.56 Å². The molecule has 10 heteroatoms. The predicted molar refractivity (Wildman–Crippen MR) is 107 cm³/mol. The minimum absolute atomic E-state index is 0.00824. The summed E-state index contributed by atoms with van der Waals surface area (Å²) in [5.41, 5.74) is -0.234. The Morgan fingerprint density at radius 2 is 1.55 bits per heavy atom. The molecule has 0 heterocycles. The first-order valence-corrected chi connectivity index (χ1v) is 9.23. The van der Waals surface area contributed by atoms with E-state index < -0.39 is 46.5 Å². The number of anilines is 1. The van der Waals surface area contributed by atoms with E-state index in [0.717, 1.165) is 6.07 Å². The molecular formula is C21H22F3N3O4. The van der Waals surface area contributed by atoms with Crippen LogP contribution in [-0.2, 0) is 16.1 Å². The third kappa shape index (κ3) is 7.32. The number of carbonyl (C=O) groups excluding carboxylic acids is 3. The van der Waals surface area contributed by atoms with Gasteiger partial charge in [-0.3, -0.25) is 9.59 Å². The number of alkyl carbamates (subject to hydrolysis) is 1. The average molecular weight is 437 g/mol. The Hall–Kier alpha value is -3.56. The molecule has 2 aromatic carbocycles. The van der Waals surface area contributed by atoms with Gasteiger partial charge < -0.3 is 20.7 Å². The van der Waals surface area contributed by atoms with Crippen molar-refractivity contribution in [1.29, 1.82) is 0 Å². The number of nitrogens with one attached hydrogen (secondary N) is 3. The van der Waals surface area contributed by atoms with Crippen LogP contribution in [0.5, 0.6) is 0 Å². The normalized spacial score (nSPS) is 10.9. The number of carbonyl (C=O) groups is 3. The average Bonchev–Trinajstić information content (AvgIpc) is 2.68. The van der Waals surface area contributed by atoms with E-state index in [0.29, 0.717) is 17.3 Å². The summed E-state index contributed by atoms with van der Waals surface area (Å²) < 4.78 is 44.9. The Balaban J connectivity index is 1.84. The number of halogens is 3. The first-order valence-electron chi connectivity index (χ1n) is 9.23. The predicted octanol–water partition coefficient (Wildman–Crippen LogP) is 3.50. The zero-order valence-corrected chi connectivity index (χ0v) is 17.1. The quantitative estimate of drug-likeness (QED) is 0.603. The van der Waals surface area contributed by atoms with Crippen LogP contribution >= 0.6 is 0 Å². The van der Waals surface area contributed by atoms with E-state index in [1.165, 1.54) is 0 Å². The molecule has 0 saturated heterocycles. The molecule has 0 aromatic heterocycles. The van der Waals surface area contributed by atoms with Crippen LogP contribution in [0.4, 0.5) is 23.7 Å². The van der Waals surface area contributed by atoms with Crippen LogP contribution < -0.4 is 16.0 Å². The highest BCUT2D eigenvalue weighted by atomic mass is 19.2. The van der Waals surface area contributed by atoms with Crippen LogP contribution in [0.3, 0.4) is 0 Å². The van der Waals surface area contributed by atoms with Crippen molar-refractivity contribution in [3.8, 4) is 0 Å². The van der Waals surface area contributed by atoms with Crippen molar-refractivity contribution in [3.05, 3.63) is 65.0 Å². The van der Waals surface area contributed by atoms with Gasteiger partial charge in [-0.2, -0.15) is 0 Å². The third-order valence-electron chi connectivity index (χ3n) is 3.76. The summed E-state index contributed by atoms with van der Waals surface area (Å²) in [7, 11) is 0. The van der Waals surface area contributed by atoms with Gasteiger partial charge >= 0.3 is 6.09 Å². The molecule has 0 aliphatic rings. The summed E-state index contributed by atoms with van der Waals surface area (Å²) in [5, 5.41) is 7.30. The van der Waals surface area contributed by atoms with E-state index in [9.17, 15) is 27.6 Å². The topological polar surface area (TPSA) is 96.5 Å². The summed E-state index contributed by atoms with van der Waals surface area (Å²) in [6, 6.07) is 7.84. The lowest BCUT2D eigenvalue weighted by molar-refractivity contribution is -0.115. The number of amides is 3. The lowest BCUT2D eigenvalue weighted by atomic mass is 10.1. The van der Waals surface area contributed by atoms with Gasteiger partial charge in [0.15, 0.2) is 17.5 Å². The zero-order chi connectivity index (χ0) is 23.2. The van der Waals surface area contributed by atoms with Gasteiger partial charge in [0, 0.05) is 12.2 Å².